The lowest BCUT2D eigenvalue weighted by Crippen LogP contribution is -2.09. The Morgan fingerprint density at radius 3 is 1.78 bits per heavy atom. The molecule has 3 heterocycles. The molecule has 0 amide bonds. The van der Waals surface area contributed by atoms with Crippen molar-refractivity contribution in [1.82, 2.24) is 4.98 Å². The van der Waals surface area contributed by atoms with Gasteiger partial charge in [-0.15, -0.1) is 22.7 Å². The van der Waals surface area contributed by atoms with Crippen molar-refractivity contribution < 1.29 is 4.42 Å². The number of anilines is 3. The van der Waals surface area contributed by atoms with Crippen LogP contribution in [-0.4, -0.2) is 4.98 Å². The van der Waals surface area contributed by atoms with Gasteiger partial charge in [0.05, 0.1) is 10.2 Å². The van der Waals surface area contributed by atoms with Crippen molar-refractivity contribution in [2.45, 2.75) is 0 Å². The van der Waals surface area contributed by atoms with Crippen molar-refractivity contribution in [3.63, 3.8) is 0 Å². The minimum atomic E-state index is 0.871. The summed E-state index contributed by atoms with van der Waals surface area (Å²) < 4.78 is 10.1. The average Bonchev–Trinajstić information content (AvgIpc) is 3.95. The second-order valence-corrected chi connectivity index (χ2v) is 15.6. The van der Waals surface area contributed by atoms with Gasteiger partial charge in [-0.2, -0.15) is 0 Å². The second-order valence-electron chi connectivity index (χ2n) is 13.5. The second kappa shape index (κ2) is 12.6. The number of hydrogen-bond donors (Lipinski definition) is 0. The Morgan fingerprint density at radius 2 is 1.00 bits per heavy atom. The standard InChI is InChI=1S/C49H30N2OS2/c1-3-11-31(12-4-1)37-15-7-8-16-38(37)32-19-21-34(22-20-32)51(35-23-25-40-39-17-9-10-18-42(39)52-43(40)29-35)36-24-26-41-46(30-36)53-44-27-28-45-48(47(41)44)50-49(54-45)33-13-5-2-6-14-33/h1-30H. The lowest BCUT2D eigenvalue weighted by atomic mass is 9.94. The lowest BCUT2D eigenvalue weighted by molar-refractivity contribution is 0.669. The van der Waals surface area contributed by atoms with Crippen molar-refractivity contribution in [3.05, 3.63) is 182 Å². The van der Waals surface area contributed by atoms with Crippen LogP contribution in [0.3, 0.4) is 0 Å². The van der Waals surface area contributed by atoms with Crippen LogP contribution in [0.15, 0.2) is 186 Å². The summed E-state index contributed by atoms with van der Waals surface area (Å²) in [4.78, 5) is 7.54. The average molecular weight is 727 g/mol. The normalized spacial score (nSPS) is 11.7. The summed E-state index contributed by atoms with van der Waals surface area (Å²) in [7, 11) is 0. The third kappa shape index (κ3) is 5.12. The molecule has 0 radical (unpaired) electrons. The van der Waals surface area contributed by atoms with Gasteiger partial charge >= 0.3 is 0 Å². The molecule has 0 aliphatic carbocycles. The zero-order valence-electron chi connectivity index (χ0n) is 28.9. The van der Waals surface area contributed by atoms with E-state index in [-0.39, 0.29) is 0 Å². The number of hydrogen-bond acceptors (Lipinski definition) is 5. The Labute approximate surface area is 319 Å². The molecule has 11 aromatic rings. The van der Waals surface area contributed by atoms with Crippen molar-refractivity contribution in [2.24, 2.45) is 0 Å². The fourth-order valence-electron chi connectivity index (χ4n) is 7.78. The first-order valence-corrected chi connectivity index (χ1v) is 19.7. The molecule has 0 aliphatic heterocycles. The molecule has 5 heteroatoms. The molecule has 0 saturated carbocycles. The molecule has 3 nitrogen and oxygen atoms in total. The SMILES string of the molecule is c1ccc(-c2nc3c(ccc4sc5cc(N(c6ccc(-c7ccccc7-c7ccccc7)cc6)c6ccc7c(c6)oc6ccccc67)ccc5c43)s2)cc1. The van der Waals surface area contributed by atoms with E-state index in [0.29, 0.717) is 0 Å². The van der Waals surface area contributed by atoms with Crippen LogP contribution in [0, 0.1) is 0 Å². The molecule has 54 heavy (non-hydrogen) atoms. The molecular formula is C49H30N2OS2. The number of fused-ring (bicyclic) bond motifs is 8. The van der Waals surface area contributed by atoms with E-state index in [1.165, 1.54) is 47.1 Å². The van der Waals surface area contributed by atoms with Gasteiger partial charge in [0.2, 0.25) is 0 Å². The van der Waals surface area contributed by atoms with E-state index in [1.807, 2.05) is 23.5 Å². The van der Waals surface area contributed by atoms with Gasteiger partial charge < -0.3 is 9.32 Å². The Kier molecular flexibility index (Phi) is 7.22. The predicted octanol–water partition coefficient (Wildman–Crippen LogP) is 15.0. The van der Waals surface area contributed by atoms with Crippen LogP contribution in [0.2, 0.25) is 0 Å². The first-order valence-electron chi connectivity index (χ1n) is 18.0. The van der Waals surface area contributed by atoms with Crippen molar-refractivity contribution in [2.75, 3.05) is 4.90 Å². The Bertz CT molecular complexity index is 3160. The molecule has 0 atom stereocenters. The van der Waals surface area contributed by atoms with E-state index < -0.39 is 0 Å². The number of para-hydroxylation sites is 1. The van der Waals surface area contributed by atoms with Gasteiger partial charge in [-0.25, -0.2) is 4.98 Å². The third-order valence-corrected chi connectivity index (χ3v) is 12.5. The predicted molar refractivity (Wildman–Crippen MR) is 231 cm³/mol. The molecule has 0 N–H and O–H groups in total. The van der Waals surface area contributed by atoms with Gasteiger partial charge in [-0.05, 0) is 76.9 Å². The van der Waals surface area contributed by atoms with Crippen LogP contribution < -0.4 is 4.90 Å². The fourth-order valence-corrected chi connectivity index (χ4v) is 9.90. The minimum absolute atomic E-state index is 0.871. The summed E-state index contributed by atoms with van der Waals surface area (Å²) in [6.45, 7) is 0. The van der Waals surface area contributed by atoms with Gasteiger partial charge in [0.25, 0.3) is 0 Å². The fraction of sp³-hybridized carbons (Fsp3) is 0. The van der Waals surface area contributed by atoms with Crippen LogP contribution in [0.1, 0.15) is 0 Å². The molecule has 3 aromatic heterocycles. The van der Waals surface area contributed by atoms with Gasteiger partial charge in [0, 0.05) is 59.6 Å². The maximum Gasteiger partial charge on any atom is 0.137 e. The van der Waals surface area contributed by atoms with E-state index in [4.69, 9.17) is 9.40 Å². The van der Waals surface area contributed by atoms with Crippen molar-refractivity contribution in [3.8, 4) is 32.8 Å². The van der Waals surface area contributed by atoms with Crippen LogP contribution in [0.5, 0.6) is 0 Å². The summed E-state index contributed by atoms with van der Waals surface area (Å²) in [5.74, 6) is 0. The highest BCUT2D eigenvalue weighted by Gasteiger charge is 2.19. The topological polar surface area (TPSA) is 29.3 Å². The quantitative estimate of drug-likeness (QED) is 0.171. The number of furan rings is 1. The first kappa shape index (κ1) is 31.0. The number of benzene rings is 8. The van der Waals surface area contributed by atoms with E-state index in [2.05, 4.69) is 175 Å². The van der Waals surface area contributed by atoms with Gasteiger partial charge in [0.15, 0.2) is 0 Å². The minimum Gasteiger partial charge on any atom is -0.456 e. The number of aromatic nitrogens is 1. The molecule has 0 saturated heterocycles. The first-order chi connectivity index (χ1) is 26.7. The Hall–Kier alpha value is -6.53. The molecular weight excluding hydrogens is 697 g/mol. The number of nitrogens with zero attached hydrogens (tertiary/aromatic N) is 2. The largest absolute Gasteiger partial charge is 0.456 e. The molecule has 11 rings (SSSR count). The van der Waals surface area contributed by atoms with E-state index in [9.17, 15) is 0 Å². The molecule has 254 valence electrons. The highest BCUT2D eigenvalue weighted by Crippen LogP contribution is 2.45. The Balaban J connectivity index is 1.06. The maximum absolute atomic E-state index is 6.40. The smallest absolute Gasteiger partial charge is 0.137 e. The van der Waals surface area contributed by atoms with E-state index >= 15 is 0 Å². The summed E-state index contributed by atoms with van der Waals surface area (Å²) in [5, 5.41) is 5.76. The van der Waals surface area contributed by atoms with Crippen molar-refractivity contribution >= 4 is 92.1 Å². The summed E-state index contributed by atoms with van der Waals surface area (Å²) in [5.41, 5.74) is 12.0. The van der Waals surface area contributed by atoms with E-state index in [1.54, 1.807) is 11.3 Å². The molecule has 0 unspecified atom stereocenters. The zero-order chi connectivity index (χ0) is 35.6. The number of rotatable bonds is 6. The van der Waals surface area contributed by atoms with Gasteiger partial charge in [-0.3, -0.25) is 0 Å². The Morgan fingerprint density at radius 1 is 0.407 bits per heavy atom. The number of thiophene rings is 1. The van der Waals surface area contributed by atoms with Gasteiger partial charge in [0.1, 0.15) is 16.2 Å². The lowest BCUT2D eigenvalue weighted by Gasteiger charge is -2.26. The van der Waals surface area contributed by atoms with E-state index in [0.717, 1.165) is 55.1 Å². The van der Waals surface area contributed by atoms with Crippen molar-refractivity contribution in [1.29, 1.82) is 0 Å². The maximum atomic E-state index is 6.40. The third-order valence-electron chi connectivity index (χ3n) is 10.3. The van der Waals surface area contributed by atoms with Crippen LogP contribution in [0.25, 0.3) is 85.2 Å². The molecule has 8 aromatic carbocycles. The summed E-state index contributed by atoms with van der Waals surface area (Å²) >= 11 is 3.59. The summed E-state index contributed by atoms with van der Waals surface area (Å²) in [6, 6.07) is 64.9. The molecule has 0 spiro atoms. The zero-order valence-corrected chi connectivity index (χ0v) is 30.6. The van der Waals surface area contributed by atoms with Gasteiger partial charge in [-0.1, -0.05) is 121 Å². The monoisotopic (exact) mass is 726 g/mol. The number of thiazole rings is 1. The highest BCUT2D eigenvalue weighted by molar-refractivity contribution is 7.26. The molecule has 0 bridgehead atoms. The molecule has 0 aliphatic rings. The summed E-state index contributed by atoms with van der Waals surface area (Å²) in [6.07, 6.45) is 0. The van der Waals surface area contributed by atoms with Crippen LogP contribution in [-0.2, 0) is 0 Å². The highest BCUT2D eigenvalue weighted by atomic mass is 32.1. The van der Waals surface area contributed by atoms with Crippen LogP contribution in [0.4, 0.5) is 17.1 Å². The van der Waals surface area contributed by atoms with Crippen LogP contribution >= 0.6 is 22.7 Å². The molecule has 0 fully saturated rings.